The Hall–Kier alpha value is -1.83. The van der Waals surface area contributed by atoms with E-state index in [9.17, 15) is 13.2 Å². The fourth-order valence-electron chi connectivity index (χ4n) is 1.87. The molecule has 0 heterocycles. The largest absolute Gasteiger partial charge is 0.355 e. The molecule has 0 spiro atoms. The number of rotatable bonds is 7. The molecule has 0 aromatic heterocycles. The third-order valence-corrected chi connectivity index (χ3v) is 5.55. The molecule has 0 bridgehead atoms. The van der Waals surface area contributed by atoms with E-state index >= 15 is 0 Å². The lowest BCUT2D eigenvalue weighted by Crippen LogP contribution is -2.26. The van der Waals surface area contributed by atoms with Crippen LogP contribution in [0.3, 0.4) is 0 Å². The number of hydrogen-bond acceptors (Lipinski definition) is 4. The van der Waals surface area contributed by atoms with Crippen molar-refractivity contribution in [2.24, 2.45) is 0 Å². The third kappa shape index (κ3) is 5.09. The second-order valence-electron chi connectivity index (χ2n) is 4.66. The lowest BCUT2D eigenvalue weighted by Gasteiger charge is -2.07. The summed E-state index contributed by atoms with van der Waals surface area (Å²) in [5, 5.41) is 2.49. The van der Waals surface area contributed by atoms with Crippen molar-refractivity contribution in [3.05, 3.63) is 60.2 Å². The molecule has 2 rings (SSSR count). The van der Waals surface area contributed by atoms with Crippen LogP contribution in [0.15, 0.2) is 64.4 Å². The Kier molecular flexibility index (Phi) is 6.20. The molecule has 122 valence electrons. The SMILES string of the molecule is CNC(=O)c1ccc(S(=O)(=O)NCCSc2ccccc2)cc1. The van der Waals surface area contributed by atoms with Gasteiger partial charge < -0.3 is 5.32 Å². The Morgan fingerprint density at radius 2 is 1.70 bits per heavy atom. The highest BCUT2D eigenvalue weighted by molar-refractivity contribution is 7.99. The molecule has 0 radical (unpaired) electrons. The Labute approximate surface area is 140 Å². The standard InChI is InChI=1S/C16H18N2O3S2/c1-17-16(19)13-7-9-15(10-8-13)23(20,21)18-11-12-22-14-5-3-2-4-6-14/h2-10,18H,11-12H2,1H3,(H,17,19). The lowest BCUT2D eigenvalue weighted by atomic mass is 10.2. The fourth-order valence-corrected chi connectivity index (χ4v) is 3.83. The van der Waals surface area contributed by atoms with Gasteiger partial charge in [0.15, 0.2) is 0 Å². The summed E-state index contributed by atoms with van der Waals surface area (Å²) in [6.07, 6.45) is 0. The monoisotopic (exact) mass is 350 g/mol. The van der Waals surface area contributed by atoms with Gasteiger partial charge in [0.25, 0.3) is 5.91 Å². The first-order chi connectivity index (χ1) is 11.0. The molecular weight excluding hydrogens is 332 g/mol. The molecule has 2 aromatic rings. The van der Waals surface area contributed by atoms with Gasteiger partial charge in [-0.15, -0.1) is 11.8 Å². The van der Waals surface area contributed by atoms with Crippen LogP contribution < -0.4 is 10.0 Å². The summed E-state index contributed by atoms with van der Waals surface area (Å²) in [5.41, 5.74) is 0.422. The van der Waals surface area contributed by atoms with Crippen LogP contribution in [0.2, 0.25) is 0 Å². The third-order valence-electron chi connectivity index (χ3n) is 3.06. The highest BCUT2D eigenvalue weighted by Crippen LogP contribution is 2.16. The number of amides is 1. The minimum atomic E-state index is -3.56. The van der Waals surface area contributed by atoms with Crippen molar-refractivity contribution >= 4 is 27.7 Å². The van der Waals surface area contributed by atoms with Gasteiger partial charge in [-0.3, -0.25) is 4.79 Å². The number of carbonyl (C=O) groups excluding carboxylic acids is 1. The van der Waals surface area contributed by atoms with Crippen molar-refractivity contribution in [3.8, 4) is 0 Å². The molecule has 0 aliphatic heterocycles. The molecule has 7 heteroatoms. The molecule has 0 saturated heterocycles. The van der Waals surface area contributed by atoms with Gasteiger partial charge in [0.1, 0.15) is 0 Å². The topological polar surface area (TPSA) is 75.3 Å². The zero-order chi connectivity index (χ0) is 16.7. The molecule has 0 fully saturated rings. The Bertz CT molecular complexity index is 745. The second kappa shape index (κ2) is 8.14. The summed E-state index contributed by atoms with van der Waals surface area (Å²) in [7, 11) is -2.03. The zero-order valence-electron chi connectivity index (χ0n) is 12.7. The van der Waals surface area contributed by atoms with Gasteiger partial charge in [0.05, 0.1) is 4.90 Å². The van der Waals surface area contributed by atoms with Crippen LogP contribution in [0.1, 0.15) is 10.4 Å². The first kappa shape index (κ1) is 17.5. The molecule has 1 amide bonds. The van der Waals surface area contributed by atoms with Crippen LogP contribution in [-0.4, -0.2) is 33.7 Å². The maximum Gasteiger partial charge on any atom is 0.251 e. The van der Waals surface area contributed by atoms with Crippen molar-refractivity contribution < 1.29 is 13.2 Å². The van der Waals surface area contributed by atoms with Gasteiger partial charge >= 0.3 is 0 Å². The van der Waals surface area contributed by atoms with Crippen LogP contribution in [-0.2, 0) is 10.0 Å². The van der Waals surface area contributed by atoms with Gasteiger partial charge in [-0.05, 0) is 36.4 Å². The molecule has 2 aromatic carbocycles. The summed E-state index contributed by atoms with van der Waals surface area (Å²) < 4.78 is 26.9. The van der Waals surface area contributed by atoms with E-state index in [4.69, 9.17) is 0 Å². The van der Waals surface area contributed by atoms with Gasteiger partial charge in [0, 0.05) is 29.8 Å². The molecule has 5 nitrogen and oxygen atoms in total. The molecule has 0 saturated carbocycles. The van der Waals surface area contributed by atoms with E-state index in [1.165, 1.54) is 31.3 Å². The van der Waals surface area contributed by atoms with E-state index in [1.54, 1.807) is 11.8 Å². The van der Waals surface area contributed by atoms with Crippen LogP contribution in [0.4, 0.5) is 0 Å². The van der Waals surface area contributed by atoms with Crippen molar-refractivity contribution in [1.82, 2.24) is 10.0 Å². The van der Waals surface area contributed by atoms with E-state index in [0.29, 0.717) is 17.9 Å². The Balaban J connectivity index is 1.90. The molecule has 0 unspecified atom stereocenters. The minimum Gasteiger partial charge on any atom is -0.355 e. The summed E-state index contributed by atoms with van der Waals surface area (Å²) in [4.78, 5) is 12.7. The number of carbonyl (C=O) groups is 1. The summed E-state index contributed by atoms with van der Waals surface area (Å²) in [5.74, 6) is 0.390. The van der Waals surface area contributed by atoms with Gasteiger partial charge in [-0.1, -0.05) is 18.2 Å². The average Bonchev–Trinajstić information content (AvgIpc) is 2.59. The zero-order valence-corrected chi connectivity index (χ0v) is 14.3. The molecular formula is C16H18N2O3S2. The molecule has 2 N–H and O–H groups in total. The fraction of sp³-hybridized carbons (Fsp3) is 0.188. The lowest BCUT2D eigenvalue weighted by molar-refractivity contribution is 0.0963. The molecule has 0 aliphatic rings. The van der Waals surface area contributed by atoms with Crippen LogP contribution >= 0.6 is 11.8 Å². The van der Waals surface area contributed by atoms with Crippen LogP contribution in [0.25, 0.3) is 0 Å². The number of sulfonamides is 1. The Morgan fingerprint density at radius 1 is 1.04 bits per heavy atom. The second-order valence-corrected chi connectivity index (χ2v) is 7.60. The summed E-state index contributed by atoms with van der Waals surface area (Å²) in [6, 6.07) is 15.6. The maximum absolute atomic E-state index is 12.2. The van der Waals surface area contributed by atoms with Crippen LogP contribution in [0.5, 0.6) is 0 Å². The average molecular weight is 350 g/mol. The Morgan fingerprint density at radius 3 is 2.30 bits per heavy atom. The van der Waals surface area contributed by atoms with Gasteiger partial charge in [-0.25, -0.2) is 13.1 Å². The van der Waals surface area contributed by atoms with Gasteiger partial charge in [0.2, 0.25) is 10.0 Å². The van der Waals surface area contributed by atoms with E-state index in [-0.39, 0.29) is 10.8 Å². The highest BCUT2D eigenvalue weighted by Gasteiger charge is 2.14. The van der Waals surface area contributed by atoms with Crippen molar-refractivity contribution in [2.45, 2.75) is 9.79 Å². The number of thioether (sulfide) groups is 1. The van der Waals surface area contributed by atoms with Gasteiger partial charge in [-0.2, -0.15) is 0 Å². The van der Waals surface area contributed by atoms with E-state index in [1.807, 2.05) is 30.3 Å². The molecule has 23 heavy (non-hydrogen) atoms. The molecule has 0 aliphatic carbocycles. The highest BCUT2D eigenvalue weighted by atomic mass is 32.2. The first-order valence-electron chi connectivity index (χ1n) is 7.02. The smallest absolute Gasteiger partial charge is 0.251 e. The first-order valence-corrected chi connectivity index (χ1v) is 9.49. The minimum absolute atomic E-state index is 0.148. The van der Waals surface area contributed by atoms with Crippen molar-refractivity contribution in [1.29, 1.82) is 0 Å². The van der Waals surface area contributed by atoms with Crippen molar-refractivity contribution in [2.75, 3.05) is 19.3 Å². The number of nitrogens with one attached hydrogen (secondary N) is 2. The number of benzene rings is 2. The normalized spacial score (nSPS) is 11.2. The molecule has 0 atom stereocenters. The number of hydrogen-bond donors (Lipinski definition) is 2. The quantitative estimate of drug-likeness (QED) is 0.592. The van der Waals surface area contributed by atoms with Crippen LogP contribution in [0, 0.1) is 0 Å². The van der Waals surface area contributed by atoms with E-state index in [0.717, 1.165) is 4.90 Å². The predicted octanol–water partition coefficient (Wildman–Crippen LogP) is 2.12. The maximum atomic E-state index is 12.2. The van der Waals surface area contributed by atoms with E-state index in [2.05, 4.69) is 10.0 Å². The predicted molar refractivity (Wildman–Crippen MR) is 92.2 cm³/mol. The summed E-state index contributed by atoms with van der Waals surface area (Å²) >= 11 is 1.59. The summed E-state index contributed by atoms with van der Waals surface area (Å²) in [6.45, 7) is 0.332. The van der Waals surface area contributed by atoms with Crippen molar-refractivity contribution in [3.63, 3.8) is 0 Å². The van der Waals surface area contributed by atoms with E-state index < -0.39 is 10.0 Å².